The van der Waals surface area contributed by atoms with Crippen molar-refractivity contribution in [1.29, 1.82) is 5.26 Å². The second-order valence-electron chi connectivity index (χ2n) is 10.7. The zero-order chi connectivity index (χ0) is 28.6. The van der Waals surface area contributed by atoms with Crippen LogP contribution in [0, 0.1) is 11.3 Å². The summed E-state index contributed by atoms with van der Waals surface area (Å²) < 4.78 is 20.2. The molecule has 2 aliphatic heterocycles. The average Bonchev–Trinajstić information content (AvgIpc) is 3.52. The number of carbonyl (C=O) groups is 1. The number of para-hydroxylation sites is 1. The van der Waals surface area contributed by atoms with Crippen LogP contribution in [-0.4, -0.2) is 52.3 Å². The highest BCUT2D eigenvalue weighted by molar-refractivity contribution is 5.92. The summed E-state index contributed by atoms with van der Waals surface area (Å²) in [4.78, 5) is 18.8. The van der Waals surface area contributed by atoms with E-state index in [0.29, 0.717) is 31.2 Å². The number of ether oxygens (including phenoxy) is 3. The van der Waals surface area contributed by atoms with Crippen molar-refractivity contribution in [3.8, 4) is 17.6 Å². The monoisotopic (exact) mass is 552 g/mol. The van der Waals surface area contributed by atoms with Gasteiger partial charge in [-0.05, 0) is 80.4 Å². The summed E-state index contributed by atoms with van der Waals surface area (Å²) in [6.07, 6.45) is 1.93. The van der Waals surface area contributed by atoms with Crippen LogP contribution in [-0.2, 0) is 23.6 Å². The first kappa shape index (κ1) is 26.8. The van der Waals surface area contributed by atoms with E-state index in [4.69, 9.17) is 24.5 Å². The molecule has 1 fully saturated rings. The Balaban J connectivity index is 1.17. The predicted molar refractivity (Wildman–Crippen MR) is 152 cm³/mol. The first-order valence-corrected chi connectivity index (χ1v) is 13.8. The third-order valence-corrected chi connectivity index (χ3v) is 8.13. The number of methoxy groups -OCH3 is 1. The van der Waals surface area contributed by atoms with E-state index in [1.807, 2.05) is 31.2 Å². The van der Waals surface area contributed by atoms with Gasteiger partial charge in [0.1, 0.15) is 5.82 Å². The van der Waals surface area contributed by atoms with Crippen LogP contribution in [0.15, 0.2) is 60.7 Å². The Kier molecular flexibility index (Phi) is 7.12. The Morgan fingerprint density at radius 3 is 2.63 bits per heavy atom. The standard InChI is InChI=1S/C32H32N4O5/c1-32(24-9-6-21(19-33)7-10-24)40-28-5-3-4-25(30(28)41-32)22-12-14-35(15-13-22)20-29-34-26-11-8-23(31(37)38)18-27(26)36(29)16-17-39-2/h3-11,18,22H,12-17,20H2,1-2H3,(H,37,38). The van der Waals surface area contributed by atoms with Gasteiger partial charge in [-0.1, -0.05) is 12.1 Å². The molecule has 0 amide bonds. The van der Waals surface area contributed by atoms with Gasteiger partial charge in [-0.15, -0.1) is 0 Å². The Bertz CT molecular complexity index is 1630. The van der Waals surface area contributed by atoms with E-state index in [1.165, 1.54) is 0 Å². The van der Waals surface area contributed by atoms with E-state index >= 15 is 0 Å². The largest absolute Gasteiger partial charge is 0.478 e. The van der Waals surface area contributed by atoms with Gasteiger partial charge in [0.15, 0.2) is 11.5 Å². The third kappa shape index (κ3) is 5.12. The number of hydrogen-bond donors (Lipinski definition) is 1. The summed E-state index contributed by atoms with van der Waals surface area (Å²) >= 11 is 0. The van der Waals surface area contributed by atoms with Crippen molar-refractivity contribution in [3.63, 3.8) is 0 Å². The lowest BCUT2D eigenvalue weighted by molar-refractivity contribution is -0.0685. The van der Waals surface area contributed by atoms with E-state index in [0.717, 1.165) is 65.4 Å². The number of nitrogens with zero attached hydrogens (tertiary/aromatic N) is 4. The van der Waals surface area contributed by atoms with Crippen LogP contribution in [0.1, 0.15) is 58.6 Å². The number of aromatic carboxylic acids is 1. The molecule has 1 unspecified atom stereocenters. The van der Waals surface area contributed by atoms with Crippen LogP contribution in [0.5, 0.6) is 11.5 Å². The molecule has 1 aromatic heterocycles. The Labute approximate surface area is 238 Å². The van der Waals surface area contributed by atoms with E-state index in [1.54, 1.807) is 37.4 Å². The molecular weight excluding hydrogens is 520 g/mol. The molecule has 1 saturated heterocycles. The van der Waals surface area contributed by atoms with Crippen LogP contribution in [0.2, 0.25) is 0 Å². The topological polar surface area (TPSA) is 110 Å². The number of rotatable bonds is 8. The minimum Gasteiger partial charge on any atom is -0.478 e. The third-order valence-electron chi connectivity index (χ3n) is 8.13. The molecule has 6 rings (SSSR count). The lowest BCUT2D eigenvalue weighted by Gasteiger charge is -2.32. The van der Waals surface area contributed by atoms with Crippen LogP contribution < -0.4 is 9.47 Å². The molecule has 0 radical (unpaired) electrons. The Morgan fingerprint density at radius 1 is 1.15 bits per heavy atom. The fraction of sp³-hybridized carbons (Fsp3) is 0.344. The number of carboxylic acids is 1. The fourth-order valence-electron chi connectivity index (χ4n) is 5.90. The molecule has 210 valence electrons. The van der Waals surface area contributed by atoms with Gasteiger partial charge in [-0.2, -0.15) is 5.26 Å². The van der Waals surface area contributed by atoms with Crippen LogP contribution >= 0.6 is 0 Å². The van der Waals surface area contributed by atoms with Gasteiger partial charge in [0.25, 0.3) is 5.79 Å². The molecule has 1 atom stereocenters. The second-order valence-corrected chi connectivity index (χ2v) is 10.7. The van der Waals surface area contributed by atoms with Crippen LogP contribution in [0.4, 0.5) is 0 Å². The number of hydrogen-bond acceptors (Lipinski definition) is 7. The van der Waals surface area contributed by atoms with Gasteiger partial charge in [-0.25, -0.2) is 9.78 Å². The van der Waals surface area contributed by atoms with Crippen molar-refractivity contribution in [2.75, 3.05) is 26.8 Å². The molecule has 3 aromatic carbocycles. The highest BCUT2D eigenvalue weighted by Gasteiger charge is 2.41. The Hall–Kier alpha value is -4.39. The Morgan fingerprint density at radius 2 is 1.93 bits per heavy atom. The molecule has 4 aromatic rings. The molecule has 0 bridgehead atoms. The number of imidazole rings is 1. The maximum absolute atomic E-state index is 11.6. The van der Waals surface area contributed by atoms with Crippen LogP contribution in [0.3, 0.4) is 0 Å². The predicted octanol–water partition coefficient (Wildman–Crippen LogP) is 5.28. The number of likely N-dealkylation sites (tertiary alicyclic amines) is 1. The fourth-order valence-corrected chi connectivity index (χ4v) is 5.90. The summed E-state index contributed by atoms with van der Waals surface area (Å²) in [5.41, 5.74) is 4.47. The zero-order valence-corrected chi connectivity index (χ0v) is 23.2. The van der Waals surface area contributed by atoms with E-state index in [-0.39, 0.29) is 5.56 Å². The number of fused-ring (bicyclic) bond motifs is 2. The van der Waals surface area contributed by atoms with Crippen molar-refractivity contribution in [2.24, 2.45) is 0 Å². The van der Waals surface area contributed by atoms with Gasteiger partial charge in [-0.3, -0.25) is 4.90 Å². The zero-order valence-electron chi connectivity index (χ0n) is 23.2. The lowest BCUT2D eigenvalue weighted by atomic mass is 9.88. The van der Waals surface area contributed by atoms with Gasteiger partial charge >= 0.3 is 5.97 Å². The molecule has 3 heterocycles. The molecule has 2 aliphatic rings. The molecule has 9 nitrogen and oxygen atoms in total. The van der Waals surface area contributed by atoms with Crippen molar-refractivity contribution in [1.82, 2.24) is 14.5 Å². The first-order valence-electron chi connectivity index (χ1n) is 13.8. The second kappa shape index (κ2) is 10.9. The number of benzene rings is 3. The van der Waals surface area contributed by atoms with Crippen molar-refractivity contribution < 1.29 is 24.1 Å². The number of nitriles is 1. The van der Waals surface area contributed by atoms with Crippen molar-refractivity contribution in [3.05, 3.63) is 88.7 Å². The quantitative estimate of drug-likeness (QED) is 0.315. The molecular formula is C32H32N4O5. The minimum atomic E-state index is -0.950. The van der Waals surface area contributed by atoms with Gasteiger partial charge in [0, 0.05) is 31.7 Å². The SMILES string of the molecule is COCCn1c(CN2CCC(c3cccc4c3OC(C)(c3ccc(C#N)cc3)O4)CC2)nc2ccc(C(=O)O)cc21. The normalized spacial score (nSPS) is 19.0. The molecule has 41 heavy (non-hydrogen) atoms. The van der Waals surface area contributed by atoms with E-state index in [9.17, 15) is 9.90 Å². The van der Waals surface area contributed by atoms with Gasteiger partial charge < -0.3 is 23.9 Å². The first-order chi connectivity index (χ1) is 19.9. The van der Waals surface area contributed by atoms with Crippen molar-refractivity contribution in [2.45, 2.75) is 44.6 Å². The summed E-state index contributed by atoms with van der Waals surface area (Å²) in [5.74, 6) is 0.883. The maximum Gasteiger partial charge on any atom is 0.335 e. The summed E-state index contributed by atoms with van der Waals surface area (Å²) in [6, 6.07) is 20.7. The van der Waals surface area contributed by atoms with Crippen molar-refractivity contribution >= 4 is 17.0 Å². The minimum absolute atomic E-state index is 0.250. The van der Waals surface area contributed by atoms with E-state index in [2.05, 4.69) is 21.6 Å². The average molecular weight is 553 g/mol. The summed E-state index contributed by atoms with van der Waals surface area (Å²) in [6.45, 7) is 5.51. The highest BCUT2D eigenvalue weighted by atomic mass is 16.7. The molecule has 9 heteroatoms. The molecule has 1 N–H and O–H groups in total. The highest BCUT2D eigenvalue weighted by Crippen LogP contribution is 2.49. The smallest absolute Gasteiger partial charge is 0.335 e. The molecule has 0 aliphatic carbocycles. The maximum atomic E-state index is 11.6. The van der Waals surface area contributed by atoms with Gasteiger partial charge in [0.2, 0.25) is 0 Å². The number of piperidine rings is 1. The summed E-state index contributed by atoms with van der Waals surface area (Å²) in [5, 5.41) is 18.6. The summed E-state index contributed by atoms with van der Waals surface area (Å²) in [7, 11) is 1.66. The lowest BCUT2D eigenvalue weighted by Crippen LogP contribution is -2.34. The molecule has 0 saturated carbocycles. The number of aromatic nitrogens is 2. The number of carboxylic acid groups (broad SMARTS) is 1. The van der Waals surface area contributed by atoms with Crippen LogP contribution in [0.25, 0.3) is 11.0 Å². The van der Waals surface area contributed by atoms with E-state index < -0.39 is 11.8 Å². The van der Waals surface area contributed by atoms with Gasteiger partial charge in [0.05, 0.1) is 41.4 Å². The molecule has 0 spiro atoms.